The molecule has 2 atom stereocenters. The number of hydrogen-bond donors (Lipinski definition) is 1. The molecule has 0 bridgehead atoms. The van der Waals surface area contributed by atoms with Gasteiger partial charge in [0.25, 0.3) is 0 Å². The molecule has 1 aromatic rings. The van der Waals surface area contributed by atoms with Crippen LogP contribution in [0.2, 0.25) is 0 Å². The van der Waals surface area contributed by atoms with Gasteiger partial charge in [0.15, 0.2) is 0 Å². The molecule has 0 radical (unpaired) electrons. The van der Waals surface area contributed by atoms with Crippen LogP contribution in [-0.4, -0.2) is 42.4 Å². The summed E-state index contributed by atoms with van der Waals surface area (Å²) in [5, 5.41) is 0. The Labute approximate surface area is 109 Å². The summed E-state index contributed by atoms with van der Waals surface area (Å²) < 4.78 is 7.47. The van der Waals surface area contributed by atoms with Crippen molar-refractivity contribution < 1.29 is 4.74 Å². The lowest BCUT2D eigenvalue weighted by atomic mass is 10.3. The second kappa shape index (κ2) is 5.71. The van der Waals surface area contributed by atoms with E-state index in [0.29, 0.717) is 12.6 Å². The second-order valence-electron chi connectivity index (χ2n) is 5.09. The Bertz CT molecular complexity index is 390. The lowest BCUT2D eigenvalue weighted by molar-refractivity contribution is 0.162. The van der Waals surface area contributed by atoms with Gasteiger partial charge in [0.05, 0.1) is 18.3 Å². The minimum absolute atomic E-state index is 0.276. The highest BCUT2D eigenvalue weighted by atomic mass is 16.5. The molecule has 2 heterocycles. The van der Waals surface area contributed by atoms with Crippen LogP contribution in [0.4, 0.5) is 5.95 Å². The molecule has 2 N–H and O–H groups in total. The zero-order chi connectivity index (χ0) is 13.1. The largest absolute Gasteiger partial charge is 0.383 e. The van der Waals surface area contributed by atoms with Gasteiger partial charge in [-0.1, -0.05) is 6.92 Å². The third kappa shape index (κ3) is 2.67. The summed E-state index contributed by atoms with van der Waals surface area (Å²) in [4.78, 5) is 7.01. The van der Waals surface area contributed by atoms with Crippen molar-refractivity contribution in [1.82, 2.24) is 9.55 Å². The lowest BCUT2D eigenvalue weighted by Gasteiger charge is -2.22. The van der Waals surface area contributed by atoms with Crippen molar-refractivity contribution in [3.8, 4) is 0 Å². The van der Waals surface area contributed by atoms with Crippen LogP contribution in [0, 0.1) is 0 Å². The van der Waals surface area contributed by atoms with Crippen LogP contribution in [0.3, 0.4) is 0 Å². The minimum Gasteiger partial charge on any atom is -0.383 e. The monoisotopic (exact) mass is 252 g/mol. The molecule has 0 aromatic carbocycles. The van der Waals surface area contributed by atoms with Crippen LogP contribution in [0.25, 0.3) is 0 Å². The molecule has 18 heavy (non-hydrogen) atoms. The van der Waals surface area contributed by atoms with Crippen molar-refractivity contribution in [3.63, 3.8) is 0 Å². The Balaban J connectivity index is 2.24. The molecule has 0 amide bonds. The number of anilines is 1. The highest BCUT2D eigenvalue weighted by Gasteiger charge is 2.24. The highest BCUT2D eigenvalue weighted by molar-refractivity contribution is 5.36. The van der Waals surface area contributed by atoms with E-state index in [4.69, 9.17) is 15.5 Å². The molecule has 102 valence electrons. The molecule has 2 rings (SSSR count). The van der Waals surface area contributed by atoms with Gasteiger partial charge in [-0.05, 0) is 19.8 Å². The van der Waals surface area contributed by atoms with Crippen LogP contribution in [0.15, 0.2) is 6.20 Å². The summed E-state index contributed by atoms with van der Waals surface area (Å²) >= 11 is 0. The van der Waals surface area contributed by atoms with Crippen LogP contribution < -0.4 is 10.6 Å². The predicted molar refractivity (Wildman–Crippen MR) is 73.0 cm³/mol. The molecule has 1 aliphatic rings. The highest BCUT2D eigenvalue weighted by Crippen LogP contribution is 2.23. The van der Waals surface area contributed by atoms with E-state index in [-0.39, 0.29) is 6.04 Å². The number of nitrogens with zero attached hydrogens (tertiary/aromatic N) is 3. The summed E-state index contributed by atoms with van der Waals surface area (Å²) in [5.74, 6) is 1.05. The first kappa shape index (κ1) is 13.4. The third-order valence-electron chi connectivity index (χ3n) is 3.52. The Kier molecular flexibility index (Phi) is 4.24. The average molecular weight is 252 g/mol. The molecule has 5 nitrogen and oxygen atoms in total. The van der Waals surface area contributed by atoms with E-state index in [1.54, 1.807) is 7.11 Å². The van der Waals surface area contributed by atoms with Gasteiger partial charge in [-0.2, -0.15) is 0 Å². The number of nitrogens with two attached hydrogens (primary N) is 1. The Morgan fingerprint density at radius 1 is 1.61 bits per heavy atom. The van der Waals surface area contributed by atoms with E-state index in [1.165, 1.54) is 0 Å². The van der Waals surface area contributed by atoms with Crippen LogP contribution in [0.5, 0.6) is 0 Å². The summed E-state index contributed by atoms with van der Waals surface area (Å²) in [6.07, 6.45) is 4.15. The number of rotatable bonds is 5. The summed E-state index contributed by atoms with van der Waals surface area (Å²) in [7, 11) is 1.74. The molecular formula is C13H24N4O. The second-order valence-corrected chi connectivity index (χ2v) is 5.09. The van der Waals surface area contributed by atoms with Crippen LogP contribution in [0.1, 0.15) is 32.0 Å². The maximum Gasteiger partial charge on any atom is 0.206 e. The zero-order valence-corrected chi connectivity index (χ0v) is 11.6. The van der Waals surface area contributed by atoms with Gasteiger partial charge >= 0.3 is 0 Å². The zero-order valence-electron chi connectivity index (χ0n) is 11.6. The summed E-state index contributed by atoms with van der Waals surface area (Å²) in [6, 6.07) is 0.576. The molecule has 1 saturated heterocycles. The molecule has 0 spiro atoms. The maximum absolute atomic E-state index is 5.98. The number of aryl methyl sites for hydroxylation is 1. The van der Waals surface area contributed by atoms with Crippen LogP contribution in [-0.2, 0) is 11.2 Å². The van der Waals surface area contributed by atoms with E-state index >= 15 is 0 Å². The minimum atomic E-state index is 0.276. The molecule has 1 aromatic heterocycles. The number of imidazole rings is 1. The molecule has 0 saturated carbocycles. The van der Waals surface area contributed by atoms with Gasteiger partial charge in [-0.25, -0.2) is 4.98 Å². The van der Waals surface area contributed by atoms with E-state index in [2.05, 4.69) is 29.5 Å². The van der Waals surface area contributed by atoms with Crippen molar-refractivity contribution >= 4 is 5.95 Å². The number of aromatic nitrogens is 2. The topological polar surface area (TPSA) is 56.3 Å². The lowest BCUT2D eigenvalue weighted by Crippen LogP contribution is -2.29. The van der Waals surface area contributed by atoms with Gasteiger partial charge in [0.1, 0.15) is 0 Å². The first-order chi connectivity index (χ1) is 8.65. The third-order valence-corrected chi connectivity index (χ3v) is 3.52. The van der Waals surface area contributed by atoms with E-state index < -0.39 is 0 Å². The Morgan fingerprint density at radius 3 is 2.94 bits per heavy atom. The maximum atomic E-state index is 5.98. The smallest absolute Gasteiger partial charge is 0.206 e. The average Bonchev–Trinajstić information content (AvgIpc) is 2.94. The van der Waals surface area contributed by atoms with E-state index in [1.807, 2.05) is 0 Å². The van der Waals surface area contributed by atoms with E-state index in [9.17, 15) is 0 Å². The predicted octanol–water partition coefficient (Wildman–Crippen LogP) is 1.19. The molecule has 2 unspecified atom stereocenters. The Morgan fingerprint density at radius 2 is 2.39 bits per heavy atom. The Hall–Kier alpha value is -1.07. The fourth-order valence-electron chi connectivity index (χ4n) is 2.45. The standard InChI is InChI=1S/C13H24N4O/c1-4-12-8-17(10(2)9-18-3)13(15-12)16-6-5-11(14)7-16/h8,10-11H,4-7,9,14H2,1-3H3. The van der Waals surface area contributed by atoms with Crippen molar-refractivity contribution in [3.05, 3.63) is 11.9 Å². The van der Waals surface area contributed by atoms with Gasteiger partial charge < -0.3 is 19.9 Å². The quantitative estimate of drug-likeness (QED) is 0.855. The molecular weight excluding hydrogens is 228 g/mol. The van der Waals surface area contributed by atoms with E-state index in [0.717, 1.165) is 37.6 Å². The number of methoxy groups -OCH3 is 1. The van der Waals surface area contributed by atoms with Crippen molar-refractivity contribution in [2.24, 2.45) is 5.73 Å². The van der Waals surface area contributed by atoms with Gasteiger partial charge in [0.2, 0.25) is 5.95 Å². The normalized spacial score (nSPS) is 21.6. The van der Waals surface area contributed by atoms with Gasteiger partial charge in [-0.15, -0.1) is 0 Å². The summed E-state index contributed by atoms with van der Waals surface area (Å²) in [5.41, 5.74) is 7.12. The molecule has 0 aliphatic carbocycles. The van der Waals surface area contributed by atoms with Crippen LogP contribution >= 0.6 is 0 Å². The van der Waals surface area contributed by atoms with Crippen molar-refractivity contribution in [2.45, 2.75) is 38.8 Å². The van der Waals surface area contributed by atoms with Crippen molar-refractivity contribution in [2.75, 3.05) is 31.7 Å². The first-order valence-corrected chi connectivity index (χ1v) is 6.72. The van der Waals surface area contributed by atoms with Gasteiger partial charge in [-0.3, -0.25) is 0 Å². The fraction of sp³-hybridized carbons (Fsp3) is 0.769. The first-order valence-electron chi connectivity index (χ1n) is 6.72. The van der Waals surface area contributed by atoms with Gasteiger partial charge in [0, 0.05) is 32.4 Å². The van der Waals surface area contributed by atoms with Crippen molar-refractivity contribution in [1.29, 1.82) is 0 Å². The fourth-order valence-corrected chi connectivity index (χ4v) is 2.45. The molecule has 1 fully saturated rings. The molecule has 5 heteroatoms. The number of hydrogen-bond acceptors (Lipinski definition) is 4. The molecule has 1 aliphatic heterocycles. The number of ether oxygens (including phenoxy) is 1. The summed E-state index contributed by atoms with van der Waals surface area (Å²) in [6.45, 7) is 6.89. The SMILES string of the molecule is CCc1cn(C(C)COC)c(N2CCC(N)C2)n1.